The highest BCUT2D eigenvalue weighted by atomic mass is 16.5. The van der Waals surface area contributed by atoms with Crippen LogP contribution in [0, 0.1) is 5.41 Å². The Hall–Kier alpha value is -1.63. The van der Waals surface area contributed by atoms with Gasteiger partial charge in [-0.15, -0.1) is 0 Å². The van der Waals surface area contributed by atoms with Crippen molar-refractivity contribution in [1.29, 1.82) is 0 Å². The van der Waals surface area contributed by atoms with Crippen LogP contribution in [0.5, 0.6) is 0 Å². The Balaban J connectivity index is 2.39. The molecule has 2 N–H and O–H groups in total. The molecule has 7 nitrogen and oxygen atoms in total. The molecule has 23 heavy (non-hydrogen) atoms. The molecule has 0 aliphatic carbocycles. The molecule has 1 heterocycles. The van der Waals surface area contributed by atoms with Crippen LogP contribution < -0.4 is 10.6 Å². The second-order valence-electron chi connectivity index (χ2n) is 6.92. The van der Waals surface area contributed by atoms with Gasteiger partial charge >= 0.3 is 0 Å². The summed E-state index contributed by atoms with van der Waals surface area (Å²) in [6, 6.07) is 0. The summed E-state index contributed by atoms with van der Waals surface area (Å²) in [6.45, 7) is 11.9. The van der Waals surface area contributed by atoms with Crippen molar-refractivity contribution < 1.29 is 9.26 Å². The van der Waals surface area contributed by atoms with E-state index in [0.717, 1.165) is 11.8 Å². The van der Waals surface area contributed by atoms with E-state index in [4.69, 9.17) is 9.26 Å². The largest absolute Gasteiger partial charge is 0.379 e. The molecule has 0 spiro atoms. The second-order valence-corrected chi connectivity index (χ2v) is 6.92. The monoisotopic (exact) mass is 325 g/mol. The van der Waals surface area contributed by atoms with Gasteiger partial charge in [-0.3, -0.25) is 4.99 Å². The lowest BCUT2D eigenvalue weighted by atomic mass is 9.89. The molecular weight excluding hydrogens is 294 g/mol. The van der Waals surface area contributed by atoms with Gasteiger partial charge in [0.1, 0.15) is 0 Å². The number of hydrogen-bond donors (Lipinski definition) is 2. The van der Waals surface area contributed by atoms with Crippen molar-refractivity contribution in [2.24, 2.45) is 10.4 Å². The van der Waals surface area contributed by atoms with Gasteiger partial charge in [-0.25, -0.2) is 0 Å². The van der Waals surface area contributed by atoms with Crippen LogP contribution in [0.15, 0.2) is 9.52 Å². The molecular formula is C16H31N5O2. The second kappa shape index (κ2) is 8.86. The van der Waals surface area contributed by atoms with Crippen LogP contribution in [0.1, 0.15) is 52.3 Å². The van der Waals surface area contributed by atoms with E-state index >= 15 is 0 Å². The third-order valence-corrected chi connectivity index (χ3v) is 3.56. The van der Waals surface area contributed by atoms with Crippen LogP contribution in [-0.4, -0.2) is 49.5 Å². The Morgan fingerprint density at radius 3 is 2.48 bits per heavy atom. The minimum atomic E-state index is 0.0671. The van der Waals surface area contributed by atoms with Crippen LogP contribution in [0.2, 0.25) is 0 Å². The molecule has 0 saturated heterocycles. The number of aromatic nitrogens is 2. The number of guanidine groups is 1. The molecule has 0 aromatic carbocycles. The summed E-state index contributed by atoms with van der Waals surface area (Å²) >= 11 is 0. The minimum Gasteiger partial charge on any atom is -0.379 e. The Morgan fingerprint density at radius 2 is 2.00 bits per heavy atom. The molecule has 0 aliphatic rings. The minimum absolute atomic E-state index is 0.0671. The van der Waals surface area contributed by atoms with Gasteiger partial charge < -0.3 is 19.9 Å². The Kier molecular flexibility index (Phi) is 7.48. The summed E-state index contributed by atoms with van der Waals surface area (Å²) in [4.78, 5) is 8.57. The maximum absolute atomic E-state index is 5.53. The molecule has 132 valence electrons. The molecule has 0 bridgehead atoms. The highest BCUT2D eigenvalue weighted by Gasteiger charge is 2.24. The van der Waals surface area contributed by atoms with Crippen LogP contribution in [0.4, 0.5) is 0 Å². The van der Waals surface area contributed by atoms with Crippen molar-refractivity contribution in [3.8, 4) is 0 Å². The fourth-order valence-corrected chi connectivity index (χ4v) is 2.04. The van der Waals surface area contributed by atoms with Crippen LogP contribution in [0.3, 0.4) is 0 Å². The van der Waals surface area contributed by atoms with Crippen LogP contribution in [0.25, 0.3) is 0 Å². The Labute approximate surface area is 139 Å². The van der Waals surface area contributed by atoms with Crippen molar-refractivity contribution in [2.75, 3.05) is 27.2 Å². The Morgan fingerprint density at radius 1 is 1.30 bits per heavy atom. The van der Waals surface area contributed by atoms with E-state index in [1.54, 1.807) is 14.2 Å². The average molecular weight is 325 g/mol. The summed E-state index contributed by atoms with van der Waals surface area (Å²) in [5.41, 5.74) is 0.0671. The lowest BCUT2D eigenvalue weighted by molar-refractivity contribution is 0.0205. The van der Waals surface area contributed by atoms with Gasteiger partial charge in [-0.05, 0) is 5.41 Å². The van der Waals surface area contributed by atoms with Crippen molar-refractivity contribution in [3.05, 3.63) is 11.7 Å². The molecule has 1 aromatic rings. The first-order valence-corrected chi connectivity index (χ1v) is 8.07. The standard InChI is InChI=1S/C16H31N5O2/c1-11(2)14-20-13(23-21-14)8-9-18-15(17-6)19-10-12(22-7)16(3,4)5/h11-12H,8-10H2,1-7H3,(H2,17,18,19). The predicted molar refractivity (Wildman–Crippen MR) is 91.7 cm³/mol. The third-order valence-electron chi connectivity index (χ3n) is 3.56. The number of hydrogen-bond acceptors (Lipinski definition) is 5. The molecule has 0 radical (unpaired) electrons. The summed E-state index contributed by atoms with van der Waals surface area (Å²) in [5.74, 6) is 2.40. The van der Waals surface area contributed by atoms with Gasteiger partial charge in [-0.2, -0.15) is 4.98 Å². The normalized spacial score (nSPS) is 14.2. The van der Waals surface area contributed by atoms with Gasteiger partial charge in [0, 0.05) is 39.6 Å². The van der Waals surface area contributed by atoms with Crippen molar-refractivity contribution >= 4 is 5.96 Å². The van der Waals surface area contributed by atoms with Gasteiger partial charge in [-0.1, -0.05) is 39.8 Å². The first-order chi connectivity index (χ1) is 10.8. The average Bonchev–Trinajstić information content (AvgIpc) is 2.93. The SMILES string of the molecule is CN=C(NCCc1nc(C(C)C)no1)NCC(OC)C(C)(C)C. The van der Waals surface area contributed by atoms with E-state index in [-0.39, 0.29) is 17.4 Å². The third kappa shape index (κ3) is 6.56. The van der Waals surface area contributed by atoms with E-state index in [1.165, 1.54) is 0 Å². The summed E-state index contributed by atoms with van der Waals surface area (Å²) in [5, 5.41) is 10.5. The van der Waals surface area contributed by atoms with E-state index in [1.807, 2.05) is 13.8 Å². The van der Waals surface area contributed by atoms with Gasteiger partial charge in [0.05, 0.1) is 6.10 Å². The quantitative estimate of drug-likeness (QED) is 0.589. The number of nitrogens with one attached hydrogen (secondary N) is 2. The maximum Gasteiger partial charge on any atom is 0.228 e. The number of ether oxygens (including phenoxy) is 1. The topological polar surface area (TPSA) is 84.6 Å². The smallest absolute Gasteiger partial charge is 0.228 e. The molecule has 1 rings (SSSR count). The van der Waals surface area contributed by atoms with Gasteiger partial charge in [0.15, 0.2) is 11.8 Å². The maximum atomic E-state index is 5.53. The highest BCUT2D eigenvalue weighted by molar-refractivity contribution is 5.79. The molecule has 0 saturated carbocycles. The fourth-order valence-electron chi connectivity index (χ4n) is 2.04. The molecule has 1 unspecified atom stereocenters. The van der Waals surface area contributed by atoms with E-state index in [9.17, 15) is 0 Å². The Bertz CT molecular complexity index is 491. The zero-order chi connectivity index (χ0) is 17.5. The van der Waals surface area contributed by atoms with E-state index in [2.05, 4.69) is 46.5 Å². The molecule has 0 aliphatic heterocycles. The molecule has 0 amide bonds. The first-order valence-electron chi connectivity index (χ1n) is 8.07. The zero-order valence-electron chi connectivity index (χ0n) is 15.4. The van der Waals surface area contributed by atoms with Crippen LogP contribution >= 0.6 is 0 Å². The number of methoxy groups -OCH3 is 1. The van der Waals surface area contributed by atoms with Gasteiger partial charge in [0.25, 0.3) is 0 Å². The highest BCUT2D eigenvalue weighted by Crippen LogP contribution is 2.20. The molecule has 0 fully saturated rings. The molecule has 1 aromatic heterocycles. The lowest BCUT2D eigenvalue weighted by Gasteiger charge is -2.30. The fraction of sp³-hybridized carbons (Fsp3) is 0.812. The number of rotatable bonds is 7. The summed E-state index contributed by atoms with van der Waals surface area (Å²) in [7, 11) is 3.48. The van der Waals surface area contributed by atoms with Crippen molar-refractivity contribution in [3.63, 3.8) is 0 Å². The first kappa shape index (κ1) is 19.4. The number of nitrogens with zero attached hydrogens (tertiary/aromatic N) is 3. The zero-order valence-corrected chi connectivity index (χ0v) is 15.4. The van der Waals surface area contributed by atoms with E-state index < -0.39 is 0 Å². The summed E-state index contributed by atoms with van der Waals surface area (Å²) in [6.07, 6.45) is 0.763. The van der Waals surface area contributed by atoms with Crippen molar-refractivity contribution in [2.45, 2.75) is 53.1 Å². The molecule has 1 atom stereocenters. The number of aliphatic imine (C=N–C) groups is 1. The lowest BCUT2D eigenvalue weighted by Crippen LogP contribution is -2.45. The van der Waals surface area contributed by atoms with Crippen LogP contribution in [-0.2, 0) is 11.2 Å². The summed E-state index contributed by atoms with van der Waals surface area (Å²) < 4.78 is 10.8. The van der Waals surface area contributed by atoms with Gasteiger partial charge in [0.2, 0.25) is 5.89 Å². The predicted octanol–water partition coefficient (Wildman–Crippen LogP) is 1.96. The van der Waals surface area contributed by atoms with Crippen molar-refractivity contribution in [1.82, 2.24) is 20.8 Å². The molecule has 7 heteroatoms. The van der Waals surface area contributed by atoms with E-state index in [0.29, 0.717) is 25.4 Å².